The van der Waals surface area contributed by atoms with Crippen molar-refractivity contribution in [2.45, 2.75) is 19.9 Å². The summed E-state index contributed by atoms with van der Waals surface area (Å²) in [6.07, 6.45) is 0. The second-order valence-corrected chi connectivity index (χ2v) is 3.76. The van der Waals surface area contributed by atoms with Crippen LogP contribution >= 0.6 is 11.5 Å². The number of carbonyl (C=O) groups excluding carboxylic acids is 1. The summed E-state index contributed by atoms with van der Waals surface area (Å²) in [4.78, 5) is 10.9. The molecule has 0 spiro atoms. The lowest BCUT2D eigenvalue weighted by molar-refractivity contribution is -0.119. The first kappa shape index (κ1) is 11.8. The number of carbonyl (C=O) groups is 1. The van der Waals surface area contributed by atoms with Gasteiger partial charge in [0.2, 0.25) is 16.9 Å². The van der Waals surface area contributed by atoms with Crippen molar-refractivity contribution in [1.29, 1.82) is 0 Å². The number of rotatable bonds is 4. The molecule has 1 atom stereocenters. The number of amides is 1. The summed E-state index contributed by atoms with van der Waals surface area (Å²) in [5.74, 6) is 0.399. The summed E-state index contributed by atoms with van der Waals surface area (Å²) < 4.78 is 14.3. The van der Waals surface area contributed by atoms with Crippen LogP contribution in [0.4, 0.5) is 0 Å². The molecule has 1 heterocycles. The Morgan fingerprint density at radius 1 is 1.47 bits per heavy atom. The number of hydrogen-bond donors (Lipinski definition) is 1. The molecule has 15 heavy (non-hydrogen) atoms. The Morgan fingerprint density at radius 2 is 2.13 bits per heavy atom. The zero-order chi connectivity index (χ0) is 11.4. The van der Waals surface area contributed by atoms with Crippen LogP contribution in [-0.4, -0.2) is 24.5 Å². The van der Waals surface area contributed by atoms with Crippen molar-refractivity contribution in [1.82, 2.24) is 9.69 Å². The van der Waals surface area contributed by atoms with E-state index in [0.29, 0.717) is 10.9 Å². The van der Waals surface area contributed by atoms with Gasteiger partial charge in [0.1, 0.15) is 0 Å². The minimum atomic E-state index is -0.175. The predicted octanol–water partition coefficient (Wildman–Crippen LogP) is 1.36. The van der Waals surface area contributed by atoms with Crippen LogP contribution in [0.3, 0.4) is 0 Å². The maximum absolute atomic E-state index is 10.9. The number of nitrogens with zero attached hydrogens (tertiary/aromatic N) is 1. The summed E-state index contributed by atoms with van der Waals surface area (Å²) in [6, 6.07) is -0.175. The van der Waals surface area contributed by atoms with E-state index < -0.39 is 0 Å². The van der Waals surface area contributed by atoms with Gasteiger partial charge in [-0.25, -0.2) is 0 Å². The minimum absolute atomic E-state index is 0.0993. The smallest absolute Gasteiger partial charge is 0.234 e. The van der Waals surface area contributed by atoms with Crippen molar-refractivity contribution in [2.75, 3.05) is 14.2 Å². The number of nitrogens with one attached hydrogen (secondary N) is 1. The van der Waals surface area contributed by atoms with Gasteiger partial charge in [-0.15, -0.1) is 0 Å². The van der Waals surface area contributed by atoms with Gasteiger partial charge in [-0.05, 0) is 6.92 Å². The van der Waals surface area contributed by atoms with Gasteiger partial charge in [-0.2, -0.15) is 4.37 Å². The third-order valence-corrected chi connectivity index (χ3v) is 2.70. The normalized spacial score (nSPS) is 12.0. The van der Waals surface area contributed by atoms with Gasteiger partial charge in [0.25, 0.3) is 0 Å². The monoisotopic (exact) mass is 230 g/mol. The second kappa shape index (κ2) is 4.97. The van der Waals surface area contributed by atoms with E-state index in [2.05, 4.69) is 9.69 Å². The number of ether oxygens (including phenoxy) is 2. The Bertz CT molecular complexity index is 330. The van der Waals surface area contributed by atoms with Crippen LogP contribution in [0.1, 0.15) is 25.5 Å². The molecule has 0 aliphatic rings. The Hall–Kier alpha value is -1.30. The van der Waals surface area contributed by atoms with Gasteiger partial charge in [0.05, 0.1) is 25.8 Å². The molecule has 1 aromatic rings. The fourth-order valence-corrected chi connectivity index (χ4v) is 2.08. The molecule has 0 radical (unpaired) electrons. The van der Waals surface area contributed by atoms with Gasteiger partial charge in [-0.3, -0.25) is 4.79 Å². The summed E-state index contributed by atoms with van der Waals surface area (Å²) >= 11 is 1.21. The molecule has 0 bridgehead atoms. The van der Waals surface area contributed by atoms with Crippen molar-refractivity contribution in [3.63, 3.8) is 0 Å². The molecule has 0 fully saturated rings. The Kier molecular flexibility index (Phi) is 3.90. The van der Waals surface area contributed by atoms with E-state index in [9.17, 15) is 4.79 Å². The molecule has 0 aromatic carbocycles. The quantitative estimate of drug-likeness (QED) is 0.848. The molecule has 1 amide bonds. The highest BCUT2D eigenvalue weighted by atomic mass is 32.1. The van der Waals surface area contributed by atoms with Crippen LogP contribution < -0.4 is 14.8 Å². The fourth-order valence-electron chi connectivity index (χ4n) is 1.30. The largest absolute Gasteiger partial charge is 0.486 e. The zero-order valence-electron chi connectivity index (χ0n) is 9.16. The number of aromatic nitrogens is 1. The van der Waals surface area contributed by atoms with Crippen LogP contribution in [0, 0.1) is 0 Å². The minimum Gasteiger partial charge on any atom is -0.486 e. The topological polar surface area (TPSA) is 60.5 Å². The Morgan fingerprint density at radius 3 is 2.60 bits per heavy atom. The fraction of sp³-hybridized carbons (Fsp3) is 0.556. The van der Waals surface area contributed by atoms with Crippen LogP contribution in [0.15, 0.2) is 0 Å². The lowest BCUT2D eigenvalue weighted by Crippen LogP contribution is -2.23. The molecular weight excluding hydrogens is 216 g/mol. The zero-order valence-corrected chi connectivity index (χ0v) is 9.97. The molecule has 0 saturated heterocycles. The van der Waals surface area contributed by atoms with Crippen molar-refractivity contribution < 1.29 is 14.3 Å². The molecule has 1 rings (SSSR count). The maximum Gasteiger partial charge on any atom is 0.234 e. The summed E-state index contributed by atoms with van der Waals surface area (Å²) in [7, 11) is 3.11. The molecule has 1 N–H and O–H groups in total. The lowest BCUT2D eigenvalue weighted by Gasteiger charge is -2.13. The molecule has 84 valence electrons. The third-order valence-electron chi connectivity index (χ3n) is 1.89. The van der Waals surface area contributed by atoms with Gasteiger partial charge < -0.3 is 14.8 Å². The number of methoxy groups -OCH3 is 2. The number of hydrogen-bond acceptors (Lipinski definition) is 5. The maximum atomic E-state index is 10.9. The van der Waals surface area contributed by atoms with E-state index >= 15 is 0 Å². The lowest BCUT2D eigenvalue weighted by atomic mass is 10.2. The molecule has 1 unspecified atom stereocenters. The molecule has 6 heteroatoms. The summed E-state index contributed by atoms with van der Waals surface area (Å²) in [5.41, 5.74) is 0.778. The van der Waals surface area contributed by atoms with E-state index in [1.54, 1.807) is 14.2 Å². The van der Waals surface area contributed by atoms with E-state index in [0.717, 1.165) is 5.56 Å². The van der Waals surface area contributed by atoms with Crippen molar-refractivity contribution >= 4 is 17.4 Å². The van der Waals surface area contributed by atoms with Crippen LogP contribution in [0.5, 0.6) is 10.9 Å². The molecule has 5 nitrogen and oxygen atoms in total. The highest BCUT2D eigenvalue weighted by Crippen LogP contribution is 2.37. The molecule has 0 aliphatic heterocycles. The Labute approximate surface area is 92.6 Å². The molecule has 1 aromatic heterocycles. The van der Waals surface area contributed by atoms with E-state index in [1.165, 1.54) is 18.5 Å². The average Bonchev–Trinajstić information content (AvgIpc) is 2.58. The van der Waals surface area contributed by atoms with Gasteiger partial charge >= 0.3 is 0 Å². The Balaban J connectivity index is 2.98. The first-order chi connectivity index (χ1) is 7.10. The highest BCUT2D eigenvalue weighted by molar-refractivity contribution is 7.08. The highest BCUT2D eigenvalue weighted by Gasteiger charge is 2.21. The van der Waals surface area contributed by atoms with Gasteiger partial charge in [0.15, 0.2) is 0 Å². The third kappa shape index (κ3) is 2.59. The molecule has 0 saturated carbocycles. The van der Waals surface area contributed by atoms with Crippen molar-refractivity contribution in [2.24, 2.45) is 0 Å². The summed E-state index contributed by atoms with van der Waals surface area (Å²) in [5, 5.41) is 3.42. The first-order valence-electron chi connectivity index (χ1n) is 4.44. The van der Waals surface area contributed by atoms with Crippen LogP contribution in [0.2, 0.25) is 0 Å². The first-order valence-corrected chi connectivity index (χ1v) is 5.22. The van der Waals surface area contributed by atoms with Crippen LogP contribution in [0.25, 0.3) is 0 Å². The predicted molar refractivity (Wildman–Crippen MR) is 57.4 cm³/mol. The van der Waals surface area contributed by atoms with Crippen molar-refractivity contribution in [3.8, 4) is 10.9 Å². The van der Waals surface area contributed by atoms with Crippen molar-refractivity contribution in [3.05, 3.63) is 5.56 Å². The molecular formula is C9H14N2O3S. The van der Waals surface area contributed by atoms with E-state index in [4.69, 9.17) is 9.47 Å². The van der Waals surface area contributed by atoms with E-state index in [1.807, 2.05) is 6.92 Å². The van der Waals surface area contributed by atoms with E-state index in [-0.39, 0.29) is 11.9 Å². The van der Waals surface area contributed by atoms with Crippen LogP contribution in [-0.2, 0) is 4.79 Å². The standard InChI is InChI=1S/C9H14N2O3S/c1-5(10-6(2)12)7-8(13-3)11-15-9(7)14-4/h5H,1-4H3,(H,10,12). The molecule has 0 aliphatic carbocycles. The summed E-state index contributed by atoms with van der Waals surface area (Å²) in [6.45, 7) is 3.32. The van der Waals surface area contributed by atoms with Gasteiger partial charge in [-0.1, -0.05) is 0 Å². The average molecular weight is 230 g/mol. The SMILES string of the molecule is COc1nsc(OC)c1C(C)NC(C)=O. The second-order valence-electron chi connectivity index (χ2n) is 3.02. The van der Waals surface area contributed by atoms with Gasteiger partial charge in [0, 0.05) is 18.5 Å².